The van der Waals surface area contributed by atoms with E-state index in [2.05, 4.69) is 21.2 Å². The Morgan fingerprint density at radius 3 is 2.60 bits per heavy atom. The number of alkyl halides is 1. The maximum absolute atomic E-state index is 12.3. The average molecular weight is 379 g/mol. The lowest BCUT2D eigenvalue weighted by molar-refractivity contribution is 0.0920. The van der Waals surface area contributed by atoms with Crippen molar-refractivity contribution >= 4 is 45.0 Å². The third-order valence-electron chi connectivity index (χ3n) is 4.00. The maximum Gasteiger partial charge on any atom is 0.252 e. The summed E-state index contributed by atoms with van der Waals surface area (Å²) in [6.45, 7) is 0.643. The topological polar surface area (TPSA) is 29.1 Å². The van der Waals surface area contributed by atoms with Gasteiger partial charge >= 0.3 is 0 Å². The highest BCUT2D eigenvalue weighted by Gasteiger charge is 2.31. The molecule has 1 N–H and O–H groups in total. The molecule has 0 radical (unpaired) electrons. The highest BCUT2D eigenvalue weighted by atomic mass is 79.9. The Hall–Kier alpha value is -0.250. The minimum atomic E-state index is -0.0800. The number of benzene rings is 1. The fraction of sp³-hybridized carbons (Fsp3) is 0.533. The van der Waals surface area contributed by atoms with Crippen molar-refractivity contribution < 1.29 is 4.79 Å². The lowest BCUT2D eigenvalue weighted by atomic mass is 9.75. The summed E-state index contributed by atoms with van der Waals surface area (Å²) < 4.78 is 0.714. The second kappa shape index (κ2) is 7.15. The first-order valence-corrected chi connectivity index (χ1v) is 8.56. The standard InChI is InChI=1S/C15H18BrCl2NO/c16-13-8-11(18)4-5-12(13)14(20)19-10-15(9-17)6-2-1-3-7-15/h4-5,8H,1-3,6-7,9-10H2,(H,19,20). The third kappa shape index (κ3) is 3.90. The predicted molar refractivity (Wildman–Crippen MR) is 87.7 cm³/mol. The van der Waals surface area contributed by atoms with Crippen LogP contribution in [-0.4, -0.2) is 18.3 Å². The van der Waals surface area contributed by atoms with Gasteiger partial charge in [-0.3, -0.25) is 4.79 Å². The van der Waals surface area contributed by atoms with E-state index in [4.69, 9.17) is 23.2 Å². The zero-order valence-corrected chi connectivity index (χ0v) is 14.3. The van der Waals surface area contributed by atoms with Crippen LogP contribution in [0.5, 0.6) is 0 Å². The Morgan fingerprint density at radius 2 is 2.00 bits per heavy atom. The molecule has 0 heterocycles. The highest BCUT2D eigenvalue weighted by molar-refractivity contribution is 9.10. The van der Waals surface area contributed by atoms with E-state index >= 15 is 0 Å². The molecule has 0 unspecified atom stereocenters. The quantitative estimate of drug-likeness (QED) is 0.732. The van der Waals surface area contributed by atoms with Crippen LogP contribution in [0.25, 0.3) is 0 Å². The summed E-state index contributed by atoms with van der Waals surface area (Å²) in [6, 6.07) is 5.18. The number of hydrogen-bond donors (Lipinski definition) is 1. The van der Waals surface area contributed by atoms with Crippen molar-refractivity contribution in [2.24, 2.45) is 5.41 Å². The van der Waals surface area contributed by atoms with Crippen molar-refractivity contribution in [2.75, 3.05) is 12.4 Å². The number of carbonyl (C=O) groups is 1. The molecule has 1 aromatic rings. The molecular formula is C15H18BrCl2NO. The van der Waals surface area contributed by atoms with Gasteiger partial charge in [-0.2, -0.15) is 0 Å². The first kappa shape index (κ1) is 16.1. The minimum absolute atomic E-state index is 0.0639. The van der Waals surface area contributed by atoms with E-state index in [1.165, 1.54) is 19.3 Å². The molecule has 0 aliphatic heterocycles. The van der Waals surface area contributed by atoms with Gasteiger partial charge in [-0.05, 0) is 47.0 Å². The molecule has 2 rings (SSSR count). The Morgan fingerprint density at radius 1 is 1.30 bits per heavy atom. The predicted octanol–water partition coefficient (Wildman–Crippen LogP) is 5.02. The molecular weight excluding hydrogens is 361 g/mol. The number of nitrogens with one attached hydrogen (secondary N) is 1. The summed E-state index contributed by atoms with van der Waals surface area (Å²) in [5.41, 5.74) is 0.670. The van der Waals surface area contributed by atoms with Crippen molar-refractivity contribution in [3.8, 4) is 0 Å². The van der Waals surface area contributed by atoms with Gasteiger partial charge in [0.2, 0.25) is 0 Å². The first-order chi connectivity index (χ1) is 9.56. The highest BCUT2D eigenvalue weighted by Crippen LogP contribution is 2.36. The van der Waals surface area contributed by atoms with Gasteiger partial charge in [0.05, 0.1) is 5.56 Å². The number of amides is 1. The number of carbonyl (C=O) groups excluding carboxylic acids is 1. The SMILES string of the molecule is O=C(NCC1(CCl)CCCCC1)c1ccc(Cl)cc1Br. The van der Waals surface area contributed by atoms with Gasteiger partial charge < -0.3 is 5.32 Å². The fourth-order valence-electron chi connectivity index (χ4n) is 2.70. The van der Waals surface area contributed by atoms with E-state index in [1.807, 2.05) is 0 Å². The molecule has 1 aromatic carbocycles. The summed E-state index contributed by atoms with van der Waals surface area (Å²) in [4.78, 5) is 12.3. The summed E-state index contributed by atoms with van der Waals surface area (Å²) in [5, 5.41) is 3.63. The van der Waals surface area contributed by atoms with Gasteiger partial charge in [0.1, 0.15) is 0 Å². The summed E-state index contributed by atoms with van der Waals surface area (Å²) in [7, 11) is 0. The van der Waals surface area contributed by atoms with Gasteiger partial charge in [-0.1, -0.05) is 30.9 Å². The molecule has 20 heavy (non-hydrogen) atoms. The monoisotopic (exact) mass is 377 g/mol. The molecule has 1 fully saturated rings. The van der Waals surface area contributed by atoms with Crippen LogP contribution in [0, 0.1) is 5.41 Å². The zero-order chi connectivity index (χ0) is 14.6. The molecule has 0 saturated heterocycles. The summed E-state index contributed by atoms with van der Waals surface area (Å²) in [5.74, 6) is 0.526. The second-order valence-corrected chi connectivity index (χ2v) is 7.06. The van der Waals surface area contributed by atoms with Gasteiger partial charge in [0.25, 0.3) is 5.91 Å². The van der Waals surface area contributed by atoms with Gasteiger partial charge in [-0.25, -0.2) is 0 Å². The Kier molecular flexibility index (Phi) is 5.76. The zero-order valence-electron chi connectivity index (χ0n) is 11.2. The normalized spacial score (nSPS) is 17.8. The third-order valence-corrected chi connectivity index (χ3v) is 5.46. The van der Waals surface area contributed by atoms with E-state index in [-0.39, 0.29) is 11.3 Å². The van der Waals surface area contributed by atoms with Crippen LogP contribution in [0.1, 0.15) is 42.5 Å². The van der Waals surface area contributed by atoms with Gasteiger partial charge in [0, 0.05) is 27.3 Å². The van der Waals surface area contributed by atoms with Crippen LogP contribution in [0.15, 0.2) is 22.7 Å². The molecule has 1 amide bonds. The Bertz CT molecular complexity index is 487. The molecule has 110 valence electrons. The van der Waals surface area contributed by atoms with E-state index < -0.39 is 0 Å². The summed E-state index contributed by atoms with van der Waals surface area (Å²) in [6.07, 6.45) is 5.87. The van der Waals surface area contributed by atoms with Crippen molar-refractivity contribution in [3.05, 3.63) is 33.3 Å². The smallest absolute Gasteiger partial charge is 0.252 e. The molecule has 1 aliphatic carbocycles. The van der Waals surface area contributed by atoms with Gasteiger partial charge in [0.15, 0.2) is 0 Å². The van der Waals surface area contributed by atoms with Crippen LogP contribution in [0.2, 0.25) is 5.02 Å². The van der Waals surface area contributed by atoms with E-state index in [9.17, 15) is 4.79 Å². The van der Waals surface area contributed by atoms with Crippen LogP contribution in [-0.2, 0) is 0 Å². The molecule has 0 aromatic heterocycles. The number of rotatable bonds is 4. The van der Waals surface area contributed by atoms with Crippen molar-refractivity contribution in [1.82, 2.24) is 5.32 Å². The van der Waals surface area contributed by atoms with E-state index in [0.717, 1.165) is 12.8 Å². The van der Waals surface area contributed by atoms with Crippen LogP contribution in [0.3, 0.4) is 0 Å². The lowest BCUT2D eigenvalue weighted by Crippen LogP contribution is -2.40. The van der Waals surface area contributed by atoms with Crippen LogP contribution >= 0.6 is 39.1 Å². The van der Waals surface area contributed by atoms with Crippen molar-refractivity contribution in [3.63, 3.8) is 0 Å². The minimum Gasteiger partial charge on any atom is -0.351 e. The Balaban J connectivity index is 2.00. The largest absolute Gasteiger partial charge is 0.351 e. The maximum atomic E-state index is 12.3. The lowest BCUT2D eigenvalue weighted by Gasteiger charge is -2.35. The van der Waals surface area contributed by atoms with Crippen molar-refractivity contribution in [2.45, 2.75) is 32.1 Å². The fourth-order valence-corrected chi connectivity index (χ4v) is 3.92. The molecule has 1 saturated carbocycles. The molecule has 0 bridgehead atoms. The number of halogens is 3. The summed E-state index contributed by atoms with van der Waals surface area (Å²) >= 11 is 15.4. The molecule has 2 nitrogen and oxygen atoms in total. The van der Waals surface area contributed by atoms with Crippen LogP contribution < -0.4 is 5.32 Å². The first-order valence-electron chi connectivity index (χ1n) is 6.86. The number of hydrogen-bond acceptors (Lipinski definition) is 1. The van der Waals surface area contributed by atoms with Gasteiger partial charge in [-0.15, -0.1) is 11.6 Å². The molecule has 0 atom stereocenters. The average Bonchev–Trinajstić information content (AvgIpc) is 2.46. The Labute approximate surface area is 138 Å². The van der Waals surface area contributed by atoms with Crippen LogP contribution in [0.4, 0.5) is 0 Å². The molecule has 5 heteroatoms. The second-order valence-electron chi connectivity index (χ2n) is 5.50. The van der Waals surface area contributed by atoms with Crippen molar-refractivity contribution in [1.29, 1.82) is 0 Å². The molecule has 1 aliphatic rings. The van der Waals surface area contributed by atoms with E-state index in [0.29, 0.717) is 27.5 Å². The molecule has 0 spiro atoms. The van der Waals surface area contributed by atoms with E-state index in [1.54, 1.807) is 18.2 Å².